The van der Waals surface area contributed by atoms with Crippen molar-refractivity contribution in [1.29, 1.82) is 0 Å². The molecule has 3 atom stereocenters. The largest absolute Gasteiger partial charge is 0.482 e. The lowest BCUT2D eigenvalue weighted by Gasteiger charge is -2.40. The summed E-state index contributed by atoms with van der Waals surface area (Å²) in [5.74, 6) is 0.144. The predicted molar refractivity (Wildman–Crippen MR) is 134 cm³/mol. The van der Waals surface area contributed by atoms with Gasteiger partial charge >= 0.3 is 0 Å². The highest BCUT2D eigenvalue weighted by molar-refractivity contribution is 14.1. The fraction of sp³-hybridized carbons (Fsp3) is 0.583. The summed E-state index contributed by atoms with van der Waals surface area (Å²) in [4.78, 5) is 27.2. The lowest BCUT2D eigenvalue weighted by Crippen LogP contribution is -2.55. The second kappa shape index (κ2) is 13.9. The van der Waals surface area contributed by atoms with E-state index in [1.54, 1.807) is 24.0 Å². The molecule has 1 aliphatic carbocycles. The first-order chi connectivity index (χ1) is 15.8. The topological polar surface area (TPSA) is 108 Å². The predicted octanol–water partition coefficient (Wildman–Crippen LogP) is 2.26. The number of rotatable bonds is 12. The van der Waals surface area contributed by atoms with Crippen molar-refractivity contribution in [3.05, 3.63) is 39.5 Å². The van der Waals surface area contributed by atoms with Gasteiger partial charge in [-0.05, 0) is 61.1 Å². The van der Waals surface area contributed by atoms with Gasteiger partial charge in [0.15, 0.2) is 0 Å². The van der Waals surface area contributed by atoms with Gasteiger partial charge in [0.2, 0.25) is 11.8 Å². The van der Waals surface area contributed by atoms with Crippen LogP contribution in [-0.2, 0) is 14.3 Å². The molecule has 3 N–H and O–H groups in total. The third kappa shape index (κ3) is 8.24. The van der Waals surface area contributed by atoms with Gasteiger partial charge in [0.25, 0.3) is 0 Å². The average Bonchev–Trinajstić information content (AvgIpc) is 2.79. The molecule has 1 aromatic carbocycles. The van der Waals surface area contributed by atoms with Crippen LogP contribution < -0.4 is 10.1 Å². The van der Waals surface area contributed by atoms with Gasteiger partial charge in [0.05, 0.1) is 22.3 Å². The summed E-state index contributed by atoms with van der Waals surface area (Å²) in [7, 11) is 0. The number of benzene rings is 1. The molecule has 0 aromatic heterocycles. The average molecular weight is 574 g/mol. The van der Waals surface area contributed by atoms with Crippen LogP contribution in [0.15, 0.2) is 35.9 Å². The number of nitrogens with zero attached hydrogens (tertiary/aromatic N) is 1. The maximum absolute atomic E-state index is 12.8. The Morgan fingerprint density at radius 2 is 2.03 bits per heavy atom. The fourth-order valence-electron chi connectivity index (χ4n) is 3.70. The Morgan fingerprint density at radius 1 is 1.30 bits per heavy atom. The van der Waals surface area contributed by atoms with Crippen molar-refractivity contribution in [3.63, 3.8) is 0 Å². The minimum absolute atomic E-state index is 0.0940. The van der Waals surface area contributed by atoms with Crippen molar-refractivity contribution >= 4 is 34.4 Å². The van der Waals surface area contributed by atoms with E-state index in [9.17, 15) is 14.7 Å². The normalized spacial score (nSPS) is 20.3. The Bertz CT molecular complexity index is 816. The van der Waals surface area contributed by atoms with Gasteiger partial charge in [-0.25, -0.2) is 0 Å². The molecule has 2 rings (SSSR count). The zero-order valence-electron chi connectivity index (χ0n) is 19.5. The highest BCUT2D eigenvalue weighted by Crippen LogP contribution is 2.30. The summed E-state index contributed by atoms with van der Waals surface area (Å²) >= 11 is 2.15. The van der Waals surface area contributed by atoms with E-state index in [4.69, 9.17) is 14.6 Å². The van der Waals surface area contributed by atoms with Gasteiger partial charge in [-0.1, -0.05) is 19.1 Å². The highest BCUT2D eigenvalue weighted by Gasteiger charge is 2.40. The first-order valence-electron chi connectivity index (χ1n) is 11.4. The van der Waals surface area contributed by atoms with Gasteiger partial charge in [-0.3, -0.25) is 9.59 Å². The van der Waals surface area contributed by atoms with E-state index < -0.39 is 18.2 Å². The first-order valence-corrected chi connectivity index (χ1v) is 12.5. The minimum atomic E-state index is -1.02. The van der Waals surface area contributed by atoms with Crippen LogP contribution in [0.2, 0.25) is 0 Å². The van der Waals surface area contributed by atoms with Gasteiger partial charge < -0.3 is 29.9 Å². The van der Waals surface area contributed by atoms with Crippen LogP contribution in [-0.4, -0.2) is 77.6 Å². The Labute approximate surface area is 209 Å². The molecule has 33 heavy (non-hydrogen) atoms. The van der Waals surface area contributed by atoms with Crippen molar-refractivity contribution < 1.29 is 29.3 Å². The molecule has 9 heteroatoms. The molecule has 1 aliphatic rings. The van der Waals surface area contributed by atoms with Crippen LogP contribution in [0.3, 0.4) is 0 Å². The molecular formula is C24H35IN2O6. The van der Waals surface area contributed by atoms with E-state index >= 15 is 0 Å². The van der Waals surface area contributed by atoms with Crippen molar-refractivity contribution in [1.82, 2.24) is 10.2 Å². The lowest BCUT2D eigenvalue weighted by molar-refractivity contribution is -0.138. The van der Waals surface area contributed by atoms with E-state index in [-0.39, 0.29) is 43.9 Å². The zero-order valence-corrected chi connectivity index (χ0v) is 21.7. The maximum Gasteiger partial charge on any atom is 0.247 e. The third-order valence-electron chi connectivity index (χ3n) is 5.33. The molecule has 2 amide bonds. The van der Waals surface area contributed by atoms with Crippen LogP contribution >= 0.6 is 22.6 Å². The SMILES string of the molecule is CCC(=O)N(CCCOC(C)C)C1CC(C(=O)NCCO)=CC(Oc2ccccc2I)C1O. The number of halogens is 1. The number of aliphatic hydroxyl groups is 2. The first kappa shape index (κ1) is 27.6. The Hall–Kier alpha value is -1.69. The van der Waals surface area contributed by atoms with Gasteiger partial charge in [-0.15, -0.1) is 0 Å². The lowest BCUT2D eigenvalue weighted by atomic mass is 9.88. The summed E-state index contributed by atoms with van der Waals surface area (Å²) in [6, 6.07) is 6.80. The van der Waals surface area contributed by atoms with E-state index in [2.05, 4.69) is 27.9 Å². The smallest absolute Gasteiger partial charge is 0.247 e. The molecule has 0 fully saturated rings. The van der Waals surface area contributed by atoms with Crippen molar-refractivity contribution in [2.75, 3.05) is 26.3 Å². The van der Waals surface area contributed by atoms with Gasteiger partial charge in [-0.2, -0.15) is 0 Å². The van der Waals surface area contributed by atoms with Crippen molar-refractivity contribution in [3.8, 4) is 5.75 Å². The third-order valence-corrected chi connectivity index (χ3v) is 6.22. The monoisotopic (exact) mass is 574 g/mol. The summed E-state index contributed by atoms with van der Waals surface area (Å²) < 4.78 is 12.6. The molecule has 184 valence electrons. The zero-order chi connectivity index (χ0) is 24.4. The number of amides is 2. The van der Waals surface area contributed by atoms with E-state index in [0.29, 0.717) is 30.9 Å². The number of hydrogen-bond donors (Lipinski definition) is 3. The number of hydrogen-bond acceptors (Lipinski definition) is 6. The molecule has 0 aliphatic heterocycles. The van der Waals surface area contributed by atoms with Gasteiger partial charge in [0, 0.05) is 38.1 Å². The van der Waals surface area contributed by atoms with Crippen LogP contribution in [0.1, 0.15) is 40.0 Å². The minimum Gasteiger partial charge on any atom is -0.482 e. The van der Waals surface area contributed by atoms with E-state index in [1.165, 1.54) is 0 Å². The standard InChI is InChI=1S/C24H35IN2O6/c1-4-22(29)27(11-7-13-32-16(2)3)19-14-17(24(31)26-10-12-28)15-21(23(19)30)33-20-9-6-5-8-18(20)25/h5-6,8-9,15-16,19,21,23,28,30H,4,7,10-14H2,1-3H3,(H,26,31). The van der Waals surface area contributed by atoms with Crippen LogP contribution in [0.4, 0.5) is 0 Å². The number of nitrogens with one attached hydrogen (secondary N) is 1. The molecule has 0 saturated carbocycles. The summed E-state index contributed by atoms with van der Waals surface area (Å²) in [6.45, 7) is 6.53. The fourth-order valence-corrected chi connectivity index (χ4v) is 4.21. The van der Waals surface area contributed by atoms with Crippen LogP contribution in [0, 0.1) is 3.57 Å². The maximum atomic E-state index is 12.8. The molecule has 0 radical (unpaired) electrons. The second-order valence-electron chi connectivity index (χ2n) is 8.16. The molecule has 0 spiro atoms. The van der Waals surface area contributed by atoms with E-state index in [1.807, 2.05) is 32.0 Å². The number of carbonyl (C=O) groups excluding carboxylic acids is 2. The molecule has 1 aromatic rings. The molecule has 0 heterocycles. The van der Waals surface area contributed by atoms with Crippen LogP contribution in [0.5, 0.6) is 5.75 Å². The van der Waals surface area contributed by atoms with Gasteiger partial charge in [0.1, 0.15) is 18.0 Å². The molecule has 3 unspecified atom stereocenters. The van der Waals surface area contributed by atoms with Crippen molar-refractivity contribution in [2.24, 2.45) is 0 Å². The number of para-hydroxylation sites is 1. The molecule has 0 bridgehead atoms. The molecule has 8 nitrogen and oxygen atoms in total. The van der Waals surface area contributed by atoms with Crippen LogP contribution in [0.25, 0.3) is 0 Å². The summed E-state index contributed by atoms with van der Waals surface area (Å²) in [6.07, 6.45) is 0.980. The molecule has 0 saturated heterocycles. The summed E-state index contributed by atoms with van der Waals surface area (Å²) in [5.41, 5.74) is 0.419. The molecular weight excluding hydrogens is 539 g/mol. The Kier molecular flexibility index (Phi) is 11.6. The second-order valence-corrected chi connectivity index (χ2v) is 9.32. The van der Waals surface area contributed by atoms with E-state index in [0.717, 1.165) is 3.57 Å². The van der Waals surface area contributed by atoms with Crippen molar-refractivity contribution in [2.45, 2.75) is 64.4 Å². The Morgan fingerprint density at radius 3 is 2.67 bits per heavy atom. The quantitative estimate of drug-likeness (QED) is 0.261. The Balaban J connectivity index is 2.30. The number of ether oxygens (including phenoxy) is 2. The number of carbonyl (C=O) groups is 2. The highest BCUT2D eigenvalue weighted by atomic mass is 127. The summed E-state index contributed by atoms with van der Waals surface area (Å²) in [5, 5.41) is 23.0. The number of aliphatic hydroxyl groups excluding tert-OH is 2.